The molecule has 1 rings (SSSR count). The second-order valence-corrected chi connectivity index (χ2v) is 10.1. The van der Waals surface area contributed by atoms with E-state index in [0.717, 1.165) is 19.3 Å². The van der Waals surface area contributed by atoms with Crippen molar-refractivity contribution in [2.75, 3.05) is 0 Å². The number of carboxylic acids is 1. The zero-order chi connectivity index (χ0) is 26.6. The number of carbonyl (C=O) groups excluding carboxylic acids is 2. The highest BCUT2D eigenvalue weighted by Crippen LogP contribution is 2.13. The van der Waals surface area contributed by atoms with Gasteiger partial charge in [0.05, 0.1) is 6.33 Å². The molecule has 0 saturated carbocycles. The Labute approximate surface area is 217 Å². The third kappa shape index (κ3) is 14.2. The van der Waals surface area contributed by atoms with E-state index >= 15 is 0 Å². The Morgan fingerprint density at radius 3 is 1.92 bits per heavy atom. The lowest BCUT2D eigenvalue weighted by Crippen LogP contribution is -2.54. The van der Waals surface area contributed by atoms with Crippen molar-refractivity contribution in [3.05, 3.63) is 18.2 Å². The van der Waals surface area contributed by atoms with Crippen LogP contribution in [-0.4, -0.2) is 44.9 Å². The minimum absolute atomic E-state index is 0.187. The summed E-state index contributed by atoms with van der Waals surface area (Å²) in [4.78, 5) is 44.0. The van der Waals surface area contributed by atoms with Crippen molar-refractivity contribution in [3.8, 4) is 0 Å². The maximum Gasteiger partial charge on any atom is 0.326 e. The van der Waals surface area contributed by atoms with Gasteiger partial charge in [0.1, 0.15) is 12.1 Å². The van der Waals surface area contributed by atoms with E-state index in [2.05, 4.69) is 27.5 Å². The summed E-state index contributed by atoms with van der Waals surface area (Å²) in [7, 11) is 0. The molecule has 1 heterocycles. The number of H-pyrrole nitrogens is 1. The number of nitrogens with one attached hydrogen (secondary N) is 3. The van der Waals surface area contributed by atoms with Crippen LogP contribution in [0.4, 0.5) is 0 Å². The lowest BCUT2D eigenvalue weighted by atomic mass is 9.98. The molecule has 0 aliphatic carbocycles. The van der Waals surface area contributed by atoms with Gasteiger partial charge in [0.2, 0.25) is 11.8 Å². The topological polar surface area (TPSA) is 124 Å². The number of nitrogens with zero attached hydrogens (tertiary/aromatic N) is 1. The Bertz CT molecular complexity index is 723. The molecular formula is C28H50N4O4. The van der Waals surface area contributed by atoms with Gasteiger partial charge in [-0.1, -0.05) is 104 Å². The Kier molecular flexibility index (Phi) is 17.4. The maximum atomic E-state index is 12.9. The fraction of sp³-hybridized carbons (Fsp3) is 0.786. The molecule has 0 aliphatic heterocycles. The van der Waals surface area contributed by atoms with Gasteiger partial charge in [-0.05, 0) is 12.3 Å². The van der Waals surface area contributed by atoms with Crippen LogP contribution in [0.3, 0.4) is 0 Å². The smallest absolute Gasteiger partial charge is 0.326 e. The van der Waals surface area contributed by atoms with Crippen LogP contribution in [0, 0.1) is 5.92 Å². The molecule has 8 nitrogen and oxygen atoms in total. The predicted octanol–water partition coefficient (Wildman–Crippen LogP) is 5.53. The van der Waals surface area contributed by atoms with Gasteiger partial charge in [0.25, 0.3) is 0 Å². The van der Waals surface area contributed by atoms with E-state index < -0.39 is 24.0 Å². The maximum absolute atomic E-state index is 12.9. The molecule has 0 aliphatic rings. The van der Waals surface area contributed by atoms with Gasteiger partial charge >= 0.3 is 5.97 Å². The number of aliphatic carboxylic acids is 1. The minimum Gasteiger partial charge on any atom is -0.480 e. The molecule has 1 aromatic heterocycles. The number of imidazole rings is 1. The van der Waals surface area contributed by atoms with E-state index in [1.165, 1.54) is 70.5 Å². The van der Waals surface area contributed by atoms with Gasteiger partial charge in [-0.3, -0.25) is 9.59 Å². The number of amides is 2. The van der Waals surface area contributed by atoms with Crippen LogP contribution >= 0.6 is 0 Å². The van der Waals surface area contributed by atoms with Gasteiger partial charge in [-0.2, -0.15) is 0 Å². The van der Waals surface area contributed by atoms with Gasteiger partial charge < -0.3 is 20.7 Å². The van der Waals surface area contributed by atoms with Crippen molar-refractivity contribution in [3.63, 3.8) is 0 Å². The molecule has 1 aromatic rings. The molecule has 4 N–H and O–H groups in total. The summed E-state index contributed by atoms with van der Waals surface area (Å²) in [5, 5.41) is 14.9. The van der Waals surface area contributed by atoms with Gasteiger partial charge in [0.15, 0.2) is 0 Å². The highest BCUT2D eigenvalue weighted by atomic mass is 16.4. The number of carboxylic acid groups (broad SMARTS) is 1. The van der Waals surface area contributed by atoms with Crippen LogP contribution in [0.1, 0.15) is 123 Å². The first-order chi connectivity index (χ1) is 17.4. The fourth-order valence-electron chi connectivity index (χ4n) is 4.33. The second kappa shape index (κ2) is 19.8. The minimum atomic E-state index is -1.07. The van der Waals surface area contributed by atoms with Crippen molar-refractivity contribution in [2.24, 2.45) is 5.92 Å². The Morgan fingerprint density at radius 1 is 0.889 bits per heavy atom. The number of hydrogen-bond acceptors (Lipinski definition) is 4. The quantitative estimate of drug-likeness (QED) is 0.154. The number of carbonyl (C=O) groups is 3. The number of aromatic amines is 1. The molecule has 206 valence electrons. The molecule has 0 fully saturated rings. The monoisotopic (exact) mass is 506 g/mol. The molecule has 0 saturated heterocycles. The van der Waals surface area contributed by atoms with Crippen LogP contribution in [-0.2, 0) is 20.8 Å². The van der Waals surface area contributed by atoms with Crippen LogP contribution in [0.5, 0.6) is 0 Å². The summed E-state index contributed by atoms with van der Waals surface area (Å²) in [5.41, 5.74) is 0.701. The first-order valence-corrected chi connectivity index (χ1v) is 14.2. The fourth-order valence-corrected chi connectivity index (χ4v) is 4.33. The highest BCUT2D eigenvalue weighted by molar-refractivity contribution is 5.90. The molecule has 0 aromatic carbocycles. The van der Waals surface area contributed by atoms with Crippen molar-refractivity contribution in [1.82, 2.24) is 20.6 Å². The van der Waals surface area contributed by atoms with Crippen molar-refractivity contribution in [1.29, 1.82) is 0 Å². The molecule has 0 radical (unpaired) electrons. The van der Waals surface area contributed by atoms with Gasteiger partial charge in [0, 0.05) is 24.7 Å². The van der Waals surface area contributed by atoms with Crippen LogP contribution in [0.15, 0.2) is 12.5 Å². The van der Waals surface area contributed by atoms with E-state index in [9.17, 15) is 19.5 Å². The summed E-state index contributed by atoms with van der Waals surface area (Å²) < 4.78 is 0. The molecule has 3 atom stereocenters. The normalized spacial score (nSPS) is 13.6. The number of aromatic nitrogens is 2. The van der Waals surface area contributed by atoms with E-state index in [1.54, 1.807) is 13.1 Å². The largest absolute Gasteiger partial charge is 0.480 e. The van der Waals surface area contributed by atoms with Crippen LogP contribution in [0.25, 0.3) is 0 Å². The van der Waals surface area contributed by atoms with Crippen molar-refractivity contribution >= 4 is 17.8 Å². The third-order valence-electron chi connectivity index (χ3n) is 6.91. The highest BCUT2D eigenvalue weighted by Gasteiger charge is 2.29. The zero-order valence-corrected chi connectivity index (χ0v) is 22.8. The Balaban J connectivity index is 2.33. The lowest BCUT2D eigenvalue weighted by molar-refractivity contribution is -0.143. The molecular weight excluding hydrogens is 456 g/mol. The summed E-state index contributed by atoms with van der Waals surface area (Å²) in [5.74, 6) is -1.97. The Hall–Kier alpha value is -2.38. The summed E-state index contributed by atoms with van der Waals surface area (Å²) >= 11 is 0. The summed E-state index contributed by atoms with van der Waals surface area (Å²) in [6, 6.07) is -1.85. The van der Waals surface area contributed by atoms with E-state index in [4.69, 9.17) is 0 Å². The number of hydrogen-bond donors (Lipinski definition) is 4. The molecule has 2 amide bonds. The van der Waals surface area contributed by atoms with Crippen molar-refractivity contribution in [2.45, 2.75) is 136 Å². The van der Waals surface area contributed by atoms with E-state index in [0.29, 0.717) is 18.5 Å². The molecule has 36 heavy (non-hydrogen) atoms. The average molecular weight is 507 g/mol. The van der Waals surface area contributed by atoms with Gasteiger partial charge in [-0.15, -0.1) is 0 Å². The standard InChI is InChI=1S/C28H50N4O4/c1-4-6-7-8-9-10-11-12-13-14-15-16-17-18-25(33)31-24(19-23-20-29-21-30-23)27(34)32-26(28(35)36)22(3)5-2/h20-22,24,26H,4-19H2,1-3H3,(H,29,30)(H,31,33)(H,32,34)(H,35,36)/t22-,24-,26-/m0/s1. The zero-order valence-electron chi connectivity index (χ0n) is 22.8. The lowest BCUT2D eigenvalue weighted by Gasteiger charge is -2.24. The van der Waals surface area contributed by atoms with E-state index in [1.807, 2.05) is 6.92 Å². The van der Waals surface area contributed by atoms with E-state index in [-0.39, 0.29) is 18.2 Å². The molecule has 0 unspecified atom stereocenters. The van der Waals surface area contributed by atoms with Gasteiger partial charge in [-0.25, -0.2) is 9.78 Å². The van der Waals surface area contributed by atoms with Crippen LogP contribution in [0.2, 0.25) is 0 Å². The Morgan fingerprint density at radius 2 is 1.44 bits per heavy atom. The average Bonchev–Trinajstić information content (AvgIpc) is 3.37. The number of rotatable bonds is 22. The molecule has 0 bridgehead atoms. The predicted molar refractivity (Wildman–Crippen MR) is 144 cm³/mol. The van der Waals surface area contributed by atoms with Crippen molar-refractivity contribution < 1.29 is 19.5 Å². The second-order valence-electron chi connectivity index (χ2n) is 10.1. The molecule has 8 heteroatoms. The first-order valence-electron chi connectivity index (χ1n) is 14.2. The summed E-state index contributed by atoms with van der Waals surface area (Å²) in [6.45, 7) is 5.92. The molecule has 0 spiro atoms. The third-order valence-corrected chi connectivity index (χ3v) is 6.91. The first kappa shape index (κ1) is 31.6. The SMILES string of the molecule is CCCCCCCCCCCCCCCC(=O)N[C@@H](Cc1cnc[nH]1)C(=O)N[C@H](C(=O)O)[C@@H](C)CC. The summed E-state index contributed by atoms with van der Waals surface area (Å²) in [6.07, 6.45) is 20.4. The number of unbranched alkanes of at least 4 members (excludes halogenated alkanes) is 12. The van der Waals surface area contributed by atoms with Crippen LogP contribution < -0.4 is 10.6 Å².